The van der Waals surface area contributed by atoms with Gasteiger partial charge in [-0.05, 0) is 57.0 Å². The van der Waals surface area contributed by atoms with Gasteiger partial charge in [-0.25, -0.2) is 4.98 Å². The lowest BCUT2D eigenvalue weighted by Crippen LogP contribution is -2.46. The summed E-state index contributed by atoms with van der Waals surface area (Å²) < 4.78 is 5.94. The van der Waals surface area contributed by atoms with E-state index in [4.69, 9.17) is 9.40 Å². The fourth-order valence-electron chi connectivity index (χ4n) is 3.67. The normalized spacial score (nSPS) is 15.5. The number of rotatable bonds is 4. The molecule has 1 fully saturated rings. The fourth-order valence-corrected chi connectivity index (χ4v) is 4.46. The minimum atomic E-state index is 0.759. The summed E-state index contributed by atoms with van der Waals surface area (Å²) in [4.78, 5) is 12.2. The van der Waals surface area contributed by atoms with Crippen molar-refractivity contribution in [1.82, 2.24) is 9.88 Å². The molecular weight excluding hydrogens is 354 g/mol. The van der Waals surface area contributed by atoms with Gasteiger partial charge in [0, 0.05) is 43.3 Å². The highest BCUT2D eigenvalue weighted by molar-refractivity contribution is 7.15. The lowest BCUT2D eigenvalue weighted by atomic mass is 10.1. The summed E-state index contributed by atoms with van der Waals surface area (Å²) >= 11 is 1.73. The monoisotopic (exact) mass is 381 g/mol. The van der Waals surface area contributed by atoms with Gasteiger partial charge in [-0.3, -0.25) is 4.90 Å². The van der Waals surface area contributed by atoms with Gasteiger partial charge in [-0.2, -0.15) is 0 Å². The van der Waals surface area contributed by atoms with Crippen molar-refractivity contribution in [3.8, 4) is 10.8 Å². The maximum atomic E-state index is 5.94. The van der Waals surface area contributed by atoms with E-state index in [1.165, 1.54) is 21.7 Å². The summed E-state index contributed by atoms with van der Waals surface area (Å²) in [6, 6.07) is 10.8. The number of thiophene rings is 1. The molecule has 1 saturated heterocycles. The lowest BCUT2D eigenvalue weighted by Gasteiger charge is -2.36. The van der Waals surface area contributed by atoms with Crippen LogP contribution in [0.2, 0.25) is 0 Å². The van der Waals surface area contributed by atoms with Gasteiger partial charge in [-0.1, -0.05) is 12.1 Å². The van der Waals surface area contributed by atoms with Gasteiger partial charge in [-0.15, -0.1) is 11.3 Å². The van der Waals surface area contributed by atoms with E-state index in [0.717, 1.165) is 54.9 Å². The maximum absolute atomic E-state index is 5.94. The van der Waals surface area contributed by atoms with E-state index < -0.39 is 0 Å². The third-order valence-corrected chi connectivity index (χ3v) is 6.49. The number of oxazole rings is 1. The van der Waals surface area contributed by atoms with Crippen molar-refractivity contribution in [2.24, 2.45) is 0 Å². The molecule has 2 aromatic heterocycles. The number of anilines is 1. The number of aromatic nitrogens is 1. The molecule has 0 N–H and O–H groups in total. The first-order valence-corrected chi connectivity index (χ1v) is 10.4. The molecule has 1 aliphatic heterocycles. The molecule has 5 heteroatoms. The van der Waals surface area contributed by atoms with Crippen LogP contribution in [0.1, 0.15) is 27.5 Å². The van der Waals surface area contributed by atoms with Crippen molar-refractivity contribution in [3.63, 3.8) is 0 Å². The summed E-state index contributed by atoms with van der Waals surface area (Å²) in [6.45, 7) is 13.6. The van der Waals surface area contributed by atoms with Gasteiger partial charge in [0.1, 0.15) is 5.76 Å². The predicted molar refractivity (Wildman–Crippen MR) is 113 cm³/mol. The Hall–Kier alpha value is -2.11. The maximum Gasteiger partial charge on any atom is 0.236 e. The Balaban J connectivity index is 1.41. The molecule has 142 valence electrons. The van der Waals surface area contributed by atoms with Crippen molar-refractivity contribution >= 4 is 17.0 Å². The zero-order chi connectivity index (χ0) is 19.0. The summed E-state index contributed by atoms with van der Waals surface area (Å²) in [6.07, 6.45) is 0. The Bertz CT molecular complexity index is 935. The third-order valence-electron chi connectivity index (χ3n) is 5.51. The number of hydrogen-bond acceptors (Lipinski definition) is 5. The Morgan fingerprint density at radius 1 is 1.00 bits per heavy atom. The van der Waals surface area contributed by atoms with E-state index in [2.05, 4.69) is 60.9 Å². The fraction of sp³-hybridized carbons (Fsp3) is 0.409. The Labute approximate surface area is 165 Å². The summed E-state index contributed by atoms with van der Waals surface area (Å²) in [5.74, 6) is 1.70. The van der Waals surface area contributed by atoms with Crippen LogP contribution in [0.3, 0.4) is 0 Å². The van der Waals surface area contributed by atoms with Crippen LogP contribution in [0.4, 0.5) is 5.69 Å². The quantitative estimate of drug-likeness (QED) is 0.639. The van der Waals surface area contributed by atoms with Gasteiger partial charge in [0.15, 0.2) is 0 Å². The average molecular weight is 382 g/mol. The molecule has 27 heavy (non-hydrogen) atoms. The third kappa shape index (κ3) is 3.80. The van der Waals surface area contributed by atoms with Crippen LogP contribution in [0.15, 0.2) is 34.7 Å². The standard InChI is InChI=1S/C22H27N3OS/c1-15-6-5-7-20(17(15)3)25-12-10-24(11-13-25)14-19-18(4)26-22(23-19)21-9-8-16(2)27-21/h5-9H,10-14H2,1-4H3. The van der Waals surface area contributed by atoms with Crippen LogP contribution < -0.4 is 4.90 Å². The van der Waals surface area contributed by atoms with Gasteiger partial charge in [0.05, 0.1) is 10.6 Å². The van der Waals surface area contributed by atoms with Crippen LogP contribution in [0, 0.1) is 27.7 Å². The molecule has 0 radical (unpaired) electrons. The van der Waals surface area contributed by atoms with Gasteiger partial charge in [0.25, 0.3) is 0 Å². The van der Waals surface area contributed by atoms with Gasteiger partial charge < -0.3 is 9.32 Å². The molecule has 3 aromatic rings. The van der Waals surface area contributed by atoms with Gasteiger partial charge >= 0.3 is 0 Å². The van der Waals surface area contributed by atoms with E-state index in [-0.39, 0.29) is 0 Å². The number of aryl methyl sites for hydroxylation is 3. The number of nitrogens with zero attached hydrogens (tertiary/aromatic N) is 3. The zero-order valence-electron chi connectivity index (χ0n) is 16.6. The molecule has 0 aliphatic carbocycles. The van der Waals surface area contributed by atoms with E-state index in [0.29, 0.717) is 0 Å². The first kappa shape index (κ1) is 18.3. The van der Waals surface area contributed by atoms with Crippen molar-refractivity contribution in [2.75, 3.05) is 31.1 Å². The Kier molecular flexibility index (Phi) is 5.06. The van der Waals surface area contributed by atoms with Crippen LogP contribution >= 0.6 is 11.3 Å². The van der Waals surface area contributed by atoms with Crippen LogP contribution in [-0.4, -0.2) is 36.1 Å². The predicted octanol–water partition coefficient (Wildman–Crippen LogP) is 4.96. The molecule has 1 aliphatic rings. The first-order chi connectivity index (χ1) is 13.0. The zero-order valence-corrected chi connectivity index (χ0v) is 17.4. The molecular formula is C22H27N3OS. The van der Waals surface area contributed by atoms with E-state index in [1.54, 1.807) is 11.3 Å². The van der Waals surface area contributed by atoms with Crippen molar-refractivity contribution in [1.29, 1.82) is 0 Å². The molecule has 0 unspecified atom stereocenters. The minimum Gasteiger partial charge on any atom is -0.440 e. The molecule has 3 heterocycles. The molecule has 4 nitrogen and oxygen atoms in total. The molecule has 0 atom stereocenters. The second kappa shape index (κ2) is 7.49. The average Bonchev–Trinajstić information content (AvgIpc) is 3.24. The number of hydrogen-bond donors (Lipinski definition) is 0. The van der Waals surface area contributed by atoms with Crippen LogP contribution in [0.5, 0.6) is 0 Å². The molecule has 0 saturated carbocycles. The highest BCUT2D eigenvalue weighted by Gasteiger charge is 2.21. The van der Waals surface area contributed by atoms with Crippen molar-refractivity contribution in [2.45, 2.75) is 34.2 Å². The molecule has 1 aromatic carbocycles. The molecule has 0 spiro atoms. The van der Waals surface area contributed by atoms with Crippen molar-refractivity contribution in [3.05, 3.63) is 57.8 Å². The topological polar surface area (TPSA) is 32.5 Å². The second-order valence-electron chi connectivity index (χ2n) is 7.41. The SMILES string of the molecule is Cc1ccc(-c2nc(CN3CCN(c4cccc(C)c4C)CC3)c(C)o2)s1. The lowest BCUT2D eigenvalue weighted by molar-refractivity contribution is 0.246. The smallest absolute Gasteiger partial charge is 0.236 e. The Morgan fingerprint density at radius 2 is 1.78 bits per heavy atom. The summed E-state index contributed by atoms with van der Waals surface area (Å²) in [5, 5.41) is 0. The second-order valence-corrected chi connectivity index (χ2v) is 8.70. The highest BCUT2D eigenvalue weighted by atomic mass is 32.1. The minimum absolute atomic E-state index is 0.759. The molecule has 4 rings (SSSR count). The number of piperazine rings is 1. The molecule has 0 bridgehead atoms. The Morgan fingerprint density at radius 3 is 2.48 bits per heavy atom. The van der Waals surface area contributed by atoms with Crippen LogP contribution in [-0.2, 0) is 6.54 Å². The summed E-state index contributed by atoms with van der Waals surface area (Å²) in [5.41, 5.74) is 5.21. The first-order valence-electron chi connectivity index (χ1n) is 9.58. The number of benzene rings is 1. The van der Waals surface area contributed by atoms with E-state index in [9.17, 15) is 0 Å². The van der Waals surface area contributed by atoms with Gasteiger partial charge in [0.2, 0.25) is 5.89 Å². The van der Waals surface area contributed by atoms with Crippen LogP contribution in [0.25, 0.3) is 10.8 Å². The summed E-state index contributed by atoms with van der Waals surface area (Å²) in [7, 11) is 0. The van der Waals surface area contributed by atoms with E-state index >= 15 is 0 Å². The molecule has 0 amide bonds. The van der Waals surface area contributed by atoms with E-state index in [1.807, 2.05) is 6.92 Å². The van der Waals surface area contributed by atoms with Crippen molar-refractivity contribution < 1.29 is 4.42 Å². The highest BCUT2D eigenvalue weighted by Crippen LogP contribution is 2.29. The largest absolute Gasteiger partial charge is 0.440 e.